The number of amides is 1. The highest BCUT2D eigenvalue weighted by Crippen LogP contribution is 2.33. The van der Waals surface area contributed by atoms with Gasteiger partial charge in [-0.15, -0.1) is 0 Å². The number of carbonyl (C=O) groups is 1. The van der Waals surface area contributed by atoms with E-state index in [1.165, 1.54) is 6.08 Å². The number of fused-ring (bicyclic) bond motifs is 1. The predicted molar refractivity (Wildman–Crippen MR) is 100 cm³/mol. The molecule has 0 N–H and O–H groups in total. The molecule has 0 saturated heterocycles. The van der Waals surface area contributed by atoms with Crippen molar-refractivity contribution in [1.82, 2.24) is 29.3 Å². The molecule has 2 atom stereocenters. The van der Waals surface area contributed by atoms with E-state index in [0.29, 0.717) is 12.5 Å². The van der Waals surface area contributed by atoms with Gasteiger partial charge in [0, 0.05) is 37.8 Å². The van der Waals surface area contributed by atoms with Gasteiger partial charge in [-0.3, -0.25) is 9.48 Å². The first-order valence-corrected chi connectivity index (χ1v) is 8.92. The lowest BCUT2D eigenvalue weighted by molar-refractivity contribution is -0.130. The van der Waals surface area contributed by atoms with Gasteiger partial charge in [0.1, 0.15) is 5.52 Å². The SMILES string of the molecule is C=CC(=O)N(C)[C@H]1CC[C@@H]1COc1nc(-c2cnn(C)c2)cn2nccc12. The summed E-state index contributed by atoms with van der Waals surface area (Å²) in [6.07, 6.45) is 10.6. The van der Waals surface area contributed by atoms with Crippen molar-refractivity contribution in [2.24, 2.45) is 13.0 Å². The number of rotatable bonds is 6. The first-order chi connectivity index (χ1) is 13.1. The molecular weight excluding hydrogens is 344 g/mol. The highest BCUT2D eigenvalue weighted by atomic mass is 16.5. The fourth-order valence-corrected chi connectivity index (χ4v) is 3.45. The Balaban J connectivity index is 1.54. The number of ether oxygens (including phenoxy) is 1. The van der Waals surface area contributed by atoms with Crippen LogP contribution in [0.15, 0.2) is 43.5 Å². The van der Waals surface area contributed by atoms with E-state index in [1.807, 2.05) is 32.6 Å². The maximum Gasteiger partial charge on any atom is 0.245 e. The van der Waals surface area contributed by atoms with Crippen LogP contribution in [0.2, 0.25) is 0 Å². The zero-order valence-corrected chi connectivity index (χ0v) is 15.4. The van der Waals surface area contributed by atoms with Crippen LogP contribution in [0.1, 0.15) is 12.8 Å². The number of aromatic nitrogens is 5. The molecule has 1 fully saturated rings. The van der Waals surface area contributed by atoms with Crippen molar-refractivity contribution in [1.29, 1.82) is 0 Å². The number of carbonyl (C=O) groups excluding carboxylic acids is 1. The van der Waals surface area contributed by atoms with E-state index in [9.17, 15) is 4.79 Å². The first kappa shape index (κ1) is 17.3. The molecule has 27 heavy (non-hydrogen) atoms. The second kappa shape index (κ2) is 6.86. The summed E-state index contributed by atoms with van der Waals surface area (Å²) in [7, 11) is 3.68. The van der Waals surface area contributed by atoms with Gasteiger partial charge in [-0.05, 0) is 25.0 Å². The van der Waals surface area contributed by atoms with E-state index in [-0.39, 0.29) is 17.9 Å². The number of aryl methyl sites for hydroxylation is 1. The molecule has 3 aromatic heterocycles. The number of likely N-dealkylation sites (N-methyl/N-ethyl adjacent to an activating group) is 1. The Labute approximate surface area is 157 Å². The summed E-state index contributed by atoms with van der Waals surface area (Å²) in [5, 5.41) is 8.52. The molecule has 4 rings (SSSR count). The molecule has 0 aliphatic heterocycles. The second-order valence-electron chi connectivity index (χ2n) is 6.86. The van der Waals surface area contributed by atoms with Crippen molar-refractivity contribution in [2.45, 2.75) is 18.9 Å². The third kappa shape index (κ3) is 3.18. The molecule has 1 saturated carbocycles. The molecule has 8 heteroatoms. The average molecular weight is 366 g/mol. The lowest BCUT2D eigenvalue weighted by Crippen LogP contribution is -2.49. The predicted octanol–water partition coefficient (Wildman–Crippen LogP) is 1.93. The van der Waals surface area contributed by atoms with Crippen molar-refractivity contribution in [3.8, 4) is 17.1 Å². The summed E-state index contributed by atoms with van der Waals surface area (Å²) < 4.78 is 9.57. The smallest absolute Gasteiger partial charge is 0.245 e. The van der Waals surface area contributed by atoms with Gasteiger partial charge < -0.3 is 9.64 Å². The minimum Gasteiger partial charge on any atom is -0.476 e. The normalized spacial score (nSPS) is 18.9. The minimum absolute atomic E-state index is 0.0559. The van der Waals surface area contributed by atoms with Crippen LogP contribution in [0.3, 0.4) is 0 Å². The van der Waals surface area contributed by atoms with E-state index in [0.717, 1.165) is 29.6 Å². The van der Waals surface area contributed by atoms with Crippen LogP contribution in [0.25, 0.3) is 16.8 Å². The summed E-state index contributed by atoms with van der Waals surface area (Å²) in [5.74, 6) is 0.766. The number of hydrogen-bond acceptors (Lipinski definition) is 5. The third-order valence-corrected chi connectivity index (χ3v) is 5.19. The summed E-state index contributed by atoms with van der Waals surface area (Å²) in [6, 6.07) is 2.05. The monoisotopic (exact) mass is 366 g/mol. The maximum absolute atomic E-state index is 11.8. The van der Waals surface area contributed by atoms with Crippen LogP contribution < -0.4 is 4.74 Å². The standard InChI is InChI=1S/C19H22N6O2/c1-4-18(26)24(3)16-6-5-13(16)12-27-19-17-7-8-20-25(17)11-15(22-19)14-9-21-23(2)10-14/h4,7-11,13,16H,1,5-6,12H2,2-3H3/t13-,16+/m1/s1. The molecule has 8 nitrogen and oxygen atoms in total. The molecule has 3 heterocycles. The molecule has 1 aliphatic rings. The van der Waals surface area contributed by atoms with E-state index >= 15 is 0 Å². The van der Waals surface area contributed by atoms with Gasteiger partial charge in [0.2, 0.25) is 11.8 Å². The van der Waals surface area contributed by atoms with Crippen LogP contribution in [0.5, 0.6) is 5.88 Å². The lowest BCUT2D eigenvalue weighted by atomic mass is 9.79. The molecule has 0 radical (unpaired) electrons. The van der Waals surface area contributed by atoms with Gasteiger partial charge in [0.25, 0.3) is 0 Å². The molecule has 140 valence electrons. The van der Waals surface area contributed by atoms with Crippen molar-refractivity contribution >= 4 is 11.4 Å². The van der Waals surface area contributed by atoms with E-state index in [1.54, 1.807) is 26.5 Å². The lowest BCUT2D eigenvalue weighted by Gasteiger charge is -2.42. The van der Waals surface area contributed by atoms with Crippen LogP contribution in [0.4, 0.5) is 0 Å². The zero-order chi connectivity index (χ0) is 19.0. The van der Waals surface area contributed by atoms with E-state index < -0.39 is 0 Å². The Morgan fingerprint density at radius 2 is 2.26 bits per heavy atom. The first-order valence-electron chi connectivity index (χ1n) is 8.92. The highest BCUT2D eigenvalue weighted by molar-refractivity contribution is 5.87. The summed E-state index contributed by atoms with van der Waals surface area (Å²) in [4.78, 5) is 18.3. The van der Waals surface area contributed by atoms with Gasteiger partial charge in [-0.2, -0.15) is 10.2 Å². The molecule has 0 unspecified atom stereocenters. The summed E-state index contributed by atoms with van der Waals surface area (Å²) in [5.41, 5.74) is 2.46. The summed E-state index contributed by atoms with van der Waals surface area (Å²) >= 11 is 0. The van der Waals surface area contributed by atoms with Crippen molar-refractivity contribution < 1.29 is 9.53 Å². The van der Waals surface area contributed by atoms with Crippen LogP contribution >= 0.6 is 0 Å². The van der Waals surface area contributed by atoms with Crippen LogP contribution in [-0.2, 0) is 11.8 Å². The zero-order valence-electron chi connectivity index (χ0n) is 15.4. The third-order valence-electron chi connectivity index (χ3n) is 5.19. The topological polar surface area (TPSA) is 77.6 Å². The molecule has 0 aromatic carbocycles. The number of hydrogen-bond donors (Lipinski definition) is 0. The largest absolute Gasteiger partial charge is 0.476 e. The second-order valence-corrected chi connectivity index (χ2v) is 6.86. The molecule has 0 spiro atoms. The van der Waals surface area contributed by atoms with Gasteiger partial charge in [0.05, 0.1) is 30.9 Å². The quantitative estimate of drug-likeness (QED) is 0.623. The van der Waals surface area contributed by atoms with Crippen molar-refractivity contribution in [3.63, 3.8) is 0 Å². The fraction of sp³-hybridized carbons (Fsp3) is 0.368. The molecule has 0 bridgehead atoms. The van der Waals surface area contributed by atoms with Gasteiger partial charge in [-0.25, -0.2) is 9.50 Å². The average Bonchev–Trinajstić information content (AvgIpc) is 3.28. The van der Waals surface area contributed by atoms with Gasteiger partial charge in [-0.1, -0.05) is 6.58 Å². The van der Waals surface area contributed by atoms with Gasteiger partial charge >= 0.3 is 0 Å². The Kier molecular flexibility index (Phi) is 4.39. The Morgan fingerprint density at radius 3 is 2.93 bits per heavy atom. The molecule has 1 aliphatic carbocycles. The minimum atomic E-state index is -0.0559. The maximum atomic E-state index is 11.8. The Morgan fingerprint density at radius 1 is 1.41 bits per heavy atom. The van der Waals surface area contributed by atoms with Crippen LogP contribution in [-0.4, -0.2) is 54.9 Å². The van der Waals surface area contributed by atoms with Crippen LogP contribution in [0, 0.1) is 5.92 Å². The summed E-state index contributed by atoms with van der Waals surface area (Å²) in [6.45, 7) is 4.06. The molecular formula is C19H22N6O2. The highest BCUT2D eigenvalue weighted by Gasteiger charge is 2.36. The van der Waals surface area contributed by atoms with Gasteiger partial charge in [0.15, 0.2) is 0 Å². The van der Waals surface area contributed by atoms with E-state index in [4.69, 9.17) is 4.74 Å². The molecule has 3 aromatic rings. The van der Waals surface area contributed by atoms with Crippen molar-refractivity contribution in [2.75, 3.05) is 13.7 Å². The van der Waals surface area contributed by atoms with Crippen molar-refractivity contribution in [3.05, 3.63) is 43.5 Å². The molecule has 1 amide bonds. The van der Waals surface area contributed by atoms with E-state index in [2.05, 4.69) is 21.8 Å². The Bertz CT molecular complexity index is 991. The number of nitrogens with zero attached hydrogens (tertiary/aromatic N) is 6. The fourth-order valence-electron chi connectivity index (χ4n) is 3.45. The Hall–Kier alpha value is -3.16.